The molecular weight excluding hydrogens is 176 g/mol. The number of hydrogen-bond donors (Lipinski definition) is 1. The van der Waals surface area contributed by atoms with Gasteiger partial charge in [0.05, 0.1) is 5.69 Å². The third kappa shape index (κ3) is 1.54. The highest BCUT2D eigenvalue weighted by Gasteiger charge is 2.03. The van der Waals surface area contributed by atoms with E-state index in [2.05, 4.69) is 15.0 Å². The van der Waals surface area contributed by atoms with Gasteiger partial charge in [-0.1, -0.05) is 0 Å². The van der Waals surface area contributed by atoms with E-state index in [9.17, 15) is 0 Å². The quantitative estimate of drug-likeness (QED) is 0.731. The van der Waals surface area contributed by atoms with Crippen molar-refractivity contribution in [3.63, 3.8) is 0 Å². The van der Waals surface area contributed by atoms with Gasteiger partial charge in [0, 0.05) is 24.2 Å². The summed E-state index contributed by atoms with van der Waals surface area (Å²) in [5.74, 6) is 0.306. The summed E-state index contributed by atoms with van der Waals surface area (Å²) in [6.45, 7) is 1.91. The van der Waals surface area contributed by atoms with Gasteiger partial charge in [-0.25, -0.2) is 9.97 Å². The molecular formula is C10H10N4. The molecule has 2 aromatic heterocycles. The van der Waals surface area contributed by atoms with Crippen molar-refractivity contribution < 1.29 is 0 Å². The summed E-state index contributed by atoms with van der Waals surface area (Å²) in [4.78, 5) is 12.0. The monoisotopic (exact) mass is 186 g/mol. The Bertz CT molecular complexity index is 439. The van der Waals surface area contributed by atoms with Crippen LogP contribution in [0.25, 0.3) is 11.1 Å². The Labute approximate surface area is 81.9 Å². The van der Waals surface area contributed by atoms with E-state index in [0.717, 1.165) is 16.8 Å². The molecule has 0 aliphatic carbocycles. The second-order valence-corrected chi connectivity index (χ2v) is 2.96. The minimum absolute atomic E-state index is 0.306. The lowest BCUT2D eigenvalue weighted by molar-refractivity contribution is 1.12. The Morgan fingerprint density at radius 2 is 1.93 bits per heavy atom. The van der Waals surface area contributed by atoms with Crippen molar-refractivity contribution in [1.29, 1.82) is 0 Å². The zero-order valence-corrected chi connectivity index (χ0v) is 7.81. The van der Waals surface area contributed by atoms with Crippen LogP contribution in [0.15, 0.2) is 30.7 Å². The molecule has 0 unspecified atom stereocenters. The second-order valence-electron chi connectivity index (χ2n) is 2.96. The lowest BCUT2D eigenvalue weighted by atomic mass is 10.1. The molecule has 2 rings (SSSR count). The molecule has 14 heavy (non-hydrogen) atoms. The number of pyridine rings is 1. The fourth-order valence-corrected chi connectivity index (χ4v) is 1.30. The third-order valence-corrected chi connectivity index (χ3v) is 1.99. The van der Waals surface area contributed by atoms with Gasteiger partial charge in [0.15, 0.2) is 0 Å². The molecule has 2 heterocycles. The molecule has 0 aliphatic heterocycles. The van der Waals surface area contributed by atoms with E-state index in [1.165, 1.54) is 0 Å². The maximum Gasteiger partial charge on any atom is 0.220 e. The molecule has 4 nitrogen and oxygen atoms in total. The van der Waals surface area contributed by atoms with Crippen molar-refractivity contribution in [2.24, 2.45) is 0 Å². The maximum absolute atomic E-state index is 5.47. The fourth-order valence-electron chi connectivity index (χ4n) is 1.30. The average Bonchev–Trinajstić information content (AvgIpc) is 2.19. The highest BCUT2D eigenvalue weighted by Crippen LogP contribution is 2.20. The van der Waals surface area contributed by atoms with Crippen molar-refractivity contribution in [3.05, 3.63) is 36.4 Å². The number of aromatic nitrogens is 3. The van der Waals surface area contributed by atoms with Gasteiger partial charge >= 0.3 is 0 Å². The largest absolute Gasteiger partial charge is 0.368 e. The lowest BCUT2D eigenvalue weighted by Gasteiger charge is -2.04. The number of rotatable bonds is 1. The molecule has 70 valence electrons. The van der Waals surface area contributed by atoms with Crippen LogP contribution in [0.1, 0.15) is 5.69 Å². The van der Waals surface area contributed by atoms with Crippen LogP contribution in [0.2, 0.25) is 0 Å². The Balaban J connectivity index is 2.53. The second kappa shape index (κ2) is 3.41. The zero-order chi connectivity index (χ0) is 9.97. The number of nitrogens with two attached hydrogens (primary N) is 1. The fraction of sp³-hybridized carbons (Fsp3) is 0.100. The third-order valence-electron chi connectivity index (χ3n) is 1.99. The SMILES string of the molecule is Cc1nc(N)ncc1-c1ccncc1. The standard InChI is InChI=1S/C10H10N4/c1-7-9(6-13-10(11)14-7)8-2-4-12-5-3-8/h2-6H,1H3,(H2,11,13,14). The molecule has 0 spiro atoms. The Hall–Kier alpha value is -1.97. The van der Waals surface area contributed by atoms with Gasteiger partial charge in [-0.2, -0.15) is 0 Å². The average molecular weight is 186 g/mol. The minimum atomic E-state index is 0.306. The van der Waals surface area contributed by atoms with E-state index in [4.69, 9.17) is 5.73 Å². The Kier molecular flexibility index (Phi) is 2.10. The minimum Gasteiger partial charge on any atom is -0.368 e. The van der Waals surface area contributed by atoms with E-state index >= 15 is 0 Å². The smallest absolute Gasteiger partial charge is 0.220 e. The number of nitrogens with zero attached hydrogens (tertiary/aromatic N) is 3. The molecule has 0 saturated carbocycles. The van der Waals surface area contributed by atoms with Crippen LogP contribution in [0.3, 0.4) is 0 Å². The number of aryl methyl sites for hydroxylation is 1. The van der Waals surface area contributed by atoms with Crippen molar-refractivity contribution >= 4 is 5.95 Å². The first-order chi connectivity index (χ1) is 6.77. The predicted octanol–water partition coefficient (Wildman–Crippen LogP) is 1.43. The van der Waals surface area contributed by atoms with Gasteiger partial charge in [-0.3, -0.25) is 4.98 Å². The van der Waals surface area contributed by atoms with Crippen LogP contribution in [0.5, 0.6) is 0 Å². The maximum atomic E-state index is 5.47. The first-order valence-electron chi connectivity index (χ1n) is 4.27. The molecule has 4 heteroatoms. The molecule has 0 saturated heterocycles. The number of nitrogen functional groups attached to an aromatic ring is 1. The zero-order valence-electron chi connectivity index (χ0n) is 7.81. The summed E-state index contributed by atoms with van der Waals surface area (Å²) in [5.41, 5.74) is 8.39. The molecule has 0 aromatic carbocycles. The van der Waals surface area contributed by atoms with Crippen LogP contribution in [-0.4, -0.2) is 15.0 Å². The van der Waals surface area contributed by atoms with E-state index in [0.29, 0.717) is 5.95 Å². The Morgan fingerprint density at radius 1 is 1.21 bits per heavy atom. The van der Waals surface area contributed by atoms with Gasteiger partial charge < -0.3 is 5.73 Å². The summed E-state index contributed by atoms with van der Waals surface area (Å²) in [6.07, 6.45) is 5.21. The molecule has 0 atom stereocenters. The highest BCUT2D eigenvalue weighted by atomic mass is 15.0. The van der Waals surface area contributed by atoms with Gasteiger partial charge in [0.25, 0.3) is 0 Å². The topological polar surface area (TPSA) is 64.7 Å². The van der Waals surface area contributed by atoms with Crippen LogP contribution in [0, 0.1) is 6.92 Å². The van der Waals surface area contributed by atoms with E-state index in [-0.39, 0.29) is 0 Å². The molecule has 2 aromatic rings. The Morgan fingerprint density at radius 3 is 2.57 bits per heavy atom. The molecule has 0 amide bonds. The normalized spacial score (nSPS) is 10.1. The summed E-state index contributed by atoms with van der Waals surface area (Å²) in [6, 6.07) is 3.84. The van der Waals surface area contributed by atoms with Gasteiger partial charge in [-0.15, -0.1) is 0 Å². The summed E-state index contributed by atoms with van der Waals surface area (Å²) < 4.78 is 0. The predicted molar refractivity (Wildman–Crippen MR) is 54.4 cm³/mol. The first-order valence-corrected chi connectivity index (χ1v) is 4.27. The molecule has 0 bridgehead atoms. The molecule has 0 aliphatic rings. The molecule has 0 radical (unpaired) electrons. The number of hydrogen-bond acceptors (Lipinski definition) is 4. The summed E-state index contributed by atoms with van der Waals surface area (Å²) in [7, 11) is 0. The van der Waals surface area contributed by atoms with Gasteiger partial charge in [-0.05, 0) is 24.6 Å². The van der Waals surface area contributed by atoms with Crippen molar-refractivity contribution in [3.8, 4) is 11.1 Å². The molecule has 2 N–H and O–H groups in total. The van der Waals surface area contributed by atoms with E-state index in [1.54, 1.807) is 18.6 Å². The first kappa shape index (κ1) is 8.62. The van der Waals surface area contributed by atoms with Crippen LogP contribution in [-0.2, 0) is 0 Å². The number of anilines is 1. The highest BCUT2D eigenvalue weighted by molar-refractivity contribution is 5.64. The van der Waals surface area contributed by atoms with Crippen LogP contribution in [0.4, 0.5) is 5.95 Å². The lowest BCUT2D eigenvalue weighted by Crippen LogP contribution is -1.97. The van der Waals surface area contributed by atoms with E-state index in [1.807, 2.05) is 19.1 Å². The van der Waals surface area contributed by atoms with E-state index < -0.39 is 0 Å². The van der Waals surface area contributed by atoms with Crippen LogP contribution < -0.4 is 5.73 Å². The van der Waals surface area contributed by atoms with Crippen molar-refractivity contribution in [1.82, 2.24) is 15.0 Å². The summed E-state index contributed by atoms with van der Waals surface area (Å²) in [5, 5.41) is 0. The van der Waals surface area contributed by atoms with Crippen molar-refractivity contribution in [2.45, 2.75) is 6.92 Å². The van der Waals surface area contributed by atoms with Gasteiger partial charge in [0.2, 0.25) is 5.95 Å². The summed E-state index contributed by atoms with van der Waals surface area (Å²) >= 11 is 0. The van der Waals surface area contributed by atoms with Crippen LogP contribution >= 0.6 is 0 Å². The van der Waals surface area contributed by atoms with Crippen molar-refractivity contribution in [2.75, 3.05) is 5.73 Å². The van der Waals surface area contributed by atoms with Gasteiger partial charge in [0.1, 0.15) is 0 Å². The molecule has 0 fully saturated rings.